The topological polar surface area (TPSA) is 63.1 Å². The molecule has 0 aliphatic heterocycles. The van der Waals surface area contributed by atoms with Crippen LogP contribution in [0.3, 0.4) is 0 Å². The molecule has 1 aliphatic rings. The summed E-state index contributed by atoms with van der Waals surface area (Å²) < 4.78 is 0. The Morgan fingerprint density at radius 1 is 1.16 bits per heavy atom. The quantitative estimate of drug-likeness (QED) is 0.535. The van der Waals surface area contributed by atoms with Crippen LogP contribution in [-0.4, -0.2) is 26.8 Å². The molecule has 1 N–H and O–H groups in total. The van der Waals surface area contributed by atoms with E-state index in [9.17, 15) is 4.79 Å². The molecule has 0 unspecified atom stereocenters. The van der Waals surface area contributed by atoms with Gasteiger partial charge in [0.05, 0.1) is 5.75 Å². The predicted octanol–water partition coefficient (Wildman–Crippen LogP) is 4.34. The van der Waals surface area contributed by atoms with Gasteiger partial charge in [-0.05, 0) is 36.8 Å². The Balaban J connectivity index is 1.78. The van der Waals surface area contributed by atoms with Crippen molar-refractivity contribution in [3.63, 3.8) is 0 Å². The summed E-state index contributed by atoms with van der Waals surface area (Å²) in [4.78, 5) is 23.0. The van der Waals surface area contributed by atoms with Crippen molar-refractivity contribution >= 4 is 39.3 Å². The van der Waals surface area contributed by atoms with E-state index in [1.807, 2.05) is 18.2 Å². The average molecular weight is 370 g/mol. The highest BCUT2D eigenvalue weighted by molar-refractivity contribution is 8.00. The molecular weight excluding hydrogens is 352 g/mol. The van der Waals surface area contributed by atoms with Gasteiger partial charge < -0.3 is 5.11 Å². The summed E-state index contributed by atoms with van der Waals surface area (Å²) in [6, 6.07) is 10.2. The second-order valence-corrected chi connectivity index (χ2v) is 8.23. The highest BCUT2D eigenvalue weighted by Crippen LogP contribution is 2.39. The van der Waals surface area contributed by atoms with E-state index in [0.29, 0.717) is 6.42 Å². The Hall–Kier alpha value is -1.92. The molecule has 1 aliphatic carbocycles. The molecule has 4 nitrogen and oxygen atoms in total. The normalized spacial score (nSPS) is 13.8. The molecule has 0 saturated heterocycles. The monoisotopic (exact) mass is 370 g/mol. The van der Waals surface area contributed by atoms with Crippen LogP contribution in [0.5, 0.6) is 0 Å². The van der Waals surface area contributed by atoms with E-state index in [2.05, 4.69) is 12.1 Å². The average Bonchev–Trinajstić information content (AvgIpc) is 2.99. The number of thiophene rings is 1. The number of thioether (sulfide) groups is 1. The number of aliphatic carboxylic acids is 1. The number of aryl methyl sites for hydroxylation is 2. The minimum Gasteiger partial charge on any atom is -0.481 e. The van der Waals surface area contributed by atoms with Gasteiger partial charge in [-0.1, -0.05) is 42.1 Å². The van der Waals surface area contributed by atoms with E-state index in [-0.39, 0.29) is 5.75 Å². The smallest absolute Gasteiger partial charge is 0.313 e. The molecule has 0 saturated carbocycles. The Bertz CT molecular complexity index is 922. The molecule has 0 atom stereocenters. The van der Waals surface area contributed by atoms with Crippen LogP contribution < -0.4 is 0 Å². The van der Waals surface area contributed by atoms with Gasteiger partial charge in [0.15, 0.2) is 0 Å². The van der Waals surface area contributed by atoms with Gasteiger partial charge in [0.1, 0.15) is 15.7 Å². The number of carbonyl (C=O) groups is 1. The highest BCUT2D eigenvalue weighted by Gasteiger charge is 2.21. The first kappa shape index (κ1) is 16.5. The lowest BCUT2D eigenvalue weighted by Crippen LogP contribution is -2.03. The first-order chi connectivity index (χ1) is 12.2. The molecule has 2 aromatic heterocycles. The van der Waals surface area contributed by atoms with Gasteiger partial charge in [0.25, 0.3) is 0 Å². The molecule has 2 heterocycles. The van der Waals surface area contributed by atoms with Crippen LogP contribution in [0.15, 0.2) is 35.4 Å². The molecule has 0 spiro atoms. The van der Waals surface area contributed by atoms with Crippen LogP contribution in [0.4, 0.5) is 0 Å². The van der Waals surface area contributed by atoms with Crippen LogP contribution in [-0.2, 0) is 24.1 Å². The number of hydrogen-bond donors (Lipinski definition) is 1. The number of carboxylic acids is 1. The summed E-state index contributed by atoms with van der Waals surface area (Å²) in [6.07, 6.45) is 5.24. The van der Waals surface area contributed by atoms with Gasteiger partial charge in [-0.2, -0.15) is 0 Å². The fraction of sp³-hybridized carbons (Fsp3) is 0.316. The first-order valence-corrected chi connectivity index (χ1v) is 10.2. The maximum atomic E-state index is 11.1. The Morgan fingerprint density at radius 3 is 2.76 bits per heavy atom. The van der Waals surface area contributed by atoms with Crippen LogP contribution in [0.25, 0.3) is 10.2 Å². The molecule has 1 aromatic carbocycles. The number of benzene rings is 1. The SMILES string of the molecule is O=C(O)CSc1nc(Cc2ccccc2)nc2sc3c(c12)CCCC3. The van der Waals surface area contributed by atoms with E-state index in [1.165, 1.54) is 35.0 Å². The van der Waals surface area contributed by atoms with E-state index in [4.69, 9.17) is 15.1 Å². The third-order valence-electron chi connectivity index (χ3n) is 4.37. The molecule has 0 amide bonds. The second kappa shape index (κ2) is 7.14. The van der Waals surface area contributed by atoms with E-state index in [1.54, 1.807) is 11.3 Å². The van der Waals surface area contributed by atoms with Crippen molar-refractivity contribution in [3.05, 3.63) is 52.2 Å². The molecular formula is C19H18N2O2S2. The van der Waals surface area contributed by atoms with E-state index in [0.717, 1.165) is 39.5 Å². The third kappa shape index (κ3) is 3.55. The number of fused-ring (bicyclic) bond motifs is 3. The summed E-state index contributed by atoms with van der Waals surface area (Å²) >= 11 is 3.08. The maximum absolute atomic E-state index is 11.1. The molecule has 25 heavy (non-hydrogen) atoms. The van der Waals surface area contributed by atoms with Crippen LogP contribution in [0, 0.1) is 0 Å². The number of hydrogen-bond acceptors (Lipinski definition) is 5. The summed E-state index contributed by atoms with van der Waals surface area (Å²) in [7, 11) is 0. The first-order valence-electron chi connectivity index (χ1n) is 8.40. The summed E-state index contributed by atoms with van der Waals surface area (Å²) in [5.41, 5.74) is 2.52. The second-order valence-electron chi connectivity index (χ2n) is 6.18. The zero-order valence-electron chi connectivity index (χ0n) is 13.7. The summed E-state index contributed by atoms with van der Waals surface area (Å²) in [5.74, 6) is -0.0164. The maximum Gasteiger partial charge on any atom is 0.313 e. The van der Waals surface area contributed by atoms with E-state index < -0.39 is 5.97 Å². The largest absolute Gasteiger partial charge is 0.481 e. The lowest BCUT2D eigenvalue weighted by Gasteiger charge is -2.12. The summed E-state index contributed by atoms with van der Waals surface area (Å²) in [6.45, 7) is 0. The number of carboxylic acid groups (broad SMARTS) is 1. The predicted molar refractivity (Wildman–Crippen MR) is 102 cm³/mol. The van der Waals surface area contributed by atoms with Crippen molar-refractivity contribution in [2.45, 2.75) is 37.1 Å². The molecule has 128 valence electrons. The van der Waals surface area contributed by atoms with Crippen LogP contribution >= 0.6 is 23.1 Å². The van der Waals surface area contributed by atoms with Crippen LogP contribution in [0.2, 0.25) is 0 Å². The number of nitrogens with zero attached hydrogens (tertiary/aromatic N) is 2. The number of aromatic nitrogens is 2. The zero-order valence-corrected chi connectivity index (χ0v) is 15.3. The standard InChI is InChI=1S/C19H18N2O2S2/c22-16(23)11-24-18-17-13-8-4-5-9-14(13)25-19(17)21-15(20-18)10-12-6-2-1-3-7-12/h1-3,6-7H,4-5,8-11H2,(H,22,23). The highest BCUT2D eigenvalue weighted by atomic mass is 32.2. The lowest BCUT2D eigenvalue weighted by molar-refractivity contribution is -0.133. The van der Waals surface area contributed by atoms with Crippen molar-refractivity contribution in [2.24, 2.45) is 0 Å². The van der Waals surface area contributed by atoms with Gasteiger partial charge in [-0.25, -0.2) is 9.97 Å². The van der Waals surface area contributed by atoms with Crippen molar-refractivity contribution in [1.82, 2.24) is 9.97 Å². The van der Waals surface area contributed by atoms with Crippen molar-refractivity contribution < 1.29 is 9.90 Å². The number of rotatable bonds is 5. The molecule has 0 radical (unpaired) electrons. The third-order valence-corrected chi connectivity index (χ3v) is 6.51. The van der Waals surface area contributed by atoms with Gasteiger partial charge in [0.2, 0.25) is 0 Å². The Morgan fingerprint density at radius 2 is 1.96 bits per heavy atom. The Labute approximate surface area is 154 Å². The van der Waals surface area contributed by atoms with Gasteiger partial charge in [0, 0.05) is 16.7 Å². The van der Waals surface area contributed by atoms with Crippen LogP contribution in [0.1, 0.15) is 34.7 Å². The van der Waals surface area contributed by atoms with Crippen molar-refractivity contribution in [2.75, 3.05) is 5.75 Å². The Kier molecular flexibility index (Phi) is 4.72. The zero-order chi connectivity index (χ0) is 17.2. The molecule has 0 bridgehead atoms. The molecule has 0 fully saturated rings. The van der Waals surface area contributed by atoms with Gasteiger partial charge >= 0.3 is 5.97 Å². The minimum atomic E-state index is -0.814. The van der Waals surface area contributed by atoms with Crippen molar-refractivity contribution in [3.8, 4) is 0 Å². The van der Waals surface area contributed by atoms with E-state index >= 15 is 0 Å². The van der Waals surface area contributed by atoms with Gasteiger partial charge in [-0.3, -0.25) is 4.79 Å². The fourth-order valence-corrected chi connectivity index (χ4v) is 5.40. The molecule has 4 rings (SSSR count). The minimum absolute atomic E-state index is 0.0293. The molecule has 6 heteroatoms. The molecule has 3 aromatic rings. The van der Waals surface area contributed by atoms with Crippen molar-refractivity contribution in [1.29, 1.82) is 0 Å². The fourth-order valence-electron chi connectivity index (χ4n) is 3.26. The summed E-state index contributed by atoms with van der Waals surface area (Å²) in [5, 5.41) is 11.0. The lowest BCUT2D eigenvalue weighted by atomic mass is 9.97. The van der Waals surface area contributed by atoms with Gasteiger partial charge in [-0.15, -0.1) is 11.3 Å².